The lowest BCUT2D eigenvalue weighted by Gasteiger charge is -2.28. The summed E-state index contributed by atoms with van der Waals surface area (Å²) in [7, 11) is 1.08. The number of quaternary nitrogens is 1. The molecule has 0 fully saturated rings. The van der Waals surface area contributed by atoms with Crippen molar-refractivity contribution in [3.05, 3.63) is 134 Å². The molecule has 0 radical (unpaired) electrons. The Morgan fingerprint density at radius 3 is 1.32 bits per heavy atom. The Balaban J connectivity index is 4.56. The van der Waals surface area contributed by atoms with Gasteiger partial charge in [0.05, 0.1) is 27.7 Å². The number of esters is 2. The number of ether oxygens (including phenoxy) is 2. The molecule has 0 aromatic heterocycles. The molecule has 0 saturated carbocycles. The molecular formula is C52H82NO8P. The van der Waals surface area contributed by atoms with Crippen LogP contribution in [0.4, 0.5) is 0 Å². The number of nitrogens with zero attached hydrogens (tertiary/aromatic N) is 1. The summed E-state index contributed by atoms with van der Waals surface area (Å²) >= 11 is 0. The lowest BCUT2D eigenvalue weighted by molar-refractivity contribution is -0.870. The van der Waals surface area contributed by atoms with Crippen LogP contribution in [0.3, 0.4) is 0 Å². The highest BCUT2D eigenvalue weighted by molar-refractivity contribution is 7.45. The van der Waals surface area contributed by atoms with Crippen LogP contribution in [0.1, 0.15) is 129 Å². The molecule has 0 rings (SSSR count). The van der Waals surface area contributed by atoms with E-state index in [1.54, 1.807) is 0 Å². The molecule has 0 saturated heterocycles. The van der Waals surface area contributed by atoms with Gasteiger partial charge in [0, 0.05) is 12.8 Å². The molecular weight excluding hydrogens is 798 g/mol. The van der Waals surface area contributed by atoms with Crippen molar-refractivity contribution >= 4 is 19.8 Å². The Hall–Kier alpha value is -3.85. The SMILES string of the molecule is CC/C=C/C/C=C/C/C=C/C/C=C/C/C=C/C/C=C/CCC(=O)OC[C@H](COP(=O)([O-])OCC[N+](C)(C)C)OC(=O)CCCCC/C=C/C/C=C/C/C=C/C/C=C/C/C=C/CC. The second-order valence-corrected chi connectivity index (χ2v) is 17.1. The maximum atomic E-state index is 12.7. The van der Waals surface area contributed by atoms with Crippen LogP contribution >= 0.6 is 7.82 Å². The number of unbranched alkanes of at least 4 members (excludes halogenated alkanes) is 3. The minimum atomic E-state index is -4.66. The summed E-state index contributed by atoms with van der Waals surface area (Å²) in [5.41, 5.74) is 0. The van der Waals surface area contributed by atoms with E-state index in [1.807, 2.05) is 33.3 Å². The van der Waals surface area contributed by atoms with Gasteiger partial charge in [0.25, 0.3) is 7.82 Å². The molecule has 9 nitrogen and oxygen atoms in total. The summed E-state index contributed by atoms with van der Waals surface area (Å²) in [4.78, 5) is 37.6. The molecule has 10 heteroatoms. The highest BCUT2D eigenvalue weighted by Crippen LogP contribution is 2.38. The van der Waals surface area contributed by atoms with Crippen molar-refractivity contribution in [1.29, 1.82) is 0 Å². The van der Waals surface area contributed by atoms with Gasteiger partial charge in [-0.05, 0) is 96.3 Å². The first kappa shape index (κ1) is 58.1. The van der Waals surface area contributed by atoms with Crippen LogP contribution in [0.15, 0.2) is 134 Å². The number of carbonyl (C=O) groups is 2. The zero-order valence-corrected chi connectivity index (χ0v) is 39.9. The van der Waals surface area contributed by atoms with E-state index in [0.29, 0.717) is 23.9 Å². The molecule has 0 bridgehead atoms. The first-order chi connectivity index (χ1) is 30.0. The second kappa shape index (κ2) is 42.5. The molecule has 0 aliphatic rings. The Morgan fingerprint density at radius 1 is 0.500 bits per heavy atom. The second-order valence-electron chi connectivity index (χ2n) is 15.6. The first-order valence-electron chi connectivity index (χ1n) is 22.9. The average molecular weight is 880 g/mol. The van der Waals surface area contributed by atoms with Crippen molar-refractivity contribution in [3.63, 3.8) is 0 Å². The molecule has 0 aliphatic heterocycles. The van der Waals surface area contributed by atoms with Crippen molar-refractivity contribution in [2.45, 2.75) is 136 Å². The van der Waals surface area contributed by atoms with Gasteiger partial charge in [0.1, 0.15) is 19.8 Å². The number of likely N-dealkylation sites (N-methyl/N-ethyl adjacent to an activating group) is 1. The van der Waals surface area contributed by atoms with Crippen molar-refractivity contribution in [1.82, 2.24) is 0 Å². The third-order valence-corrected chi connectivity index (χ3v) is 9.64. The van der Waals surface area contributed by atoms with E-state index in [2.05, 4.69) is 135 Å². The molecule has 0 aliphatic carbocycles. The van der Waals surface area contributed by atoms with E-state index < -0.39 is 32.5 Å². The number of hydrogen-bond acceptors (Lipinski definition) is 8. The Bertz CT molecular complexity index is 1510. The third-order valence-electron chi connectivity index (χ3n) is 8.68. The lowest BCUT2D eigenvalue weighted by Crippen LogP contribution is -2.37. The van der Waals surface area contributed by atoms with Gasteiger partial charge in [0.2, 0.25) is 0 Å². The number of carbonyl (C=O) groups excluding carboxylic acids is 2. The van der Waals surface area contributed by atoms with Gasteiger partial charge in [-0.1, -0.05) is 154 Å². The fraction of sp³-hybridized carbons (Fsp3) is 0.538. The molecule has 62 heavy (non-hydrogen) atoms. The number of allylic oxidation sites excluding steroid dienone is 22. The smallest absolute Gasteiger partial charge is 0.306 e. The molecule has 2 atom stereocenters. The highest BCUT2D eigenvalue weighted by atomic mass is 31.2. The van der Waals surface area contributed by atoms with E-state index in [0.717, 1.165) is 89.9 Å². The topological polar surface area (TPSA) is 111 Å². The number of hydrogen-bond donors (Lipinski definition) is 0. The average Bonchev–Trinajstić information content (AvgIpc) is 3.23. The largest absolute Gasteiger partial charge is 0.756 e. The van der Waals surface area contributed by atoms with E-state index in [-0.39, 0.29) is 26.1 Å². The highest BCUT2D eigenvalue weighted by Gasteiger charge is 2.21. The van der Waals surface area contributed by atoms with Gasteiger partial charge in [0.15, 0.2) is 6.10 Å². The quantitative estimate of drug-likeness (QED) is 0.0197. The monoisotopic (exact) mass is 880 g/mol. The Morgan fingerprint density at radius 2 is 0.903 bits per heavy atom. The molecule has 1 unspecified atom stereocenters. The van der Waals surface area contributed by atoms with Gasteiger partial charge < -0.3 is 27.9 Å². The van der Waals surface area contributed by atoms with E-state index in [1.165, 1.54) is 0 Å². The molecule has 0 heterocycles. The maximum absolute atomic E-state index is 12.7. The van der Waals surface area contributed by atoms with E-state index in [4.69, 9.17) is 18.5 Å². The van der Waals surface area contributed by atoms with Crippen LogP contribution in [0.5, 0.6) is 0 Å². The zero-order valence-electron chi connectivity index (χ0n) is 39.0. The molecule has 0 amide bonds. The molecule has 0 aromatic rings. The van der Waals surface area contributed by atoms with Crippen LogP contribution in [-0.2, 0) is 32.7 Å². The summed E-state index contributed by atoms with van der Waals surface area (Å²) in [6.07, 6.45) is 60.7. The van der Waals surface area contributed by atoms with Gasteiger partial charge in [-0.25, -0.2) is 0 Å². The predicted octanol–water partition coefficient (Wildman–Crippen LogP) is 12.8. The van der Waals surface area contributed by atoms with Crippen LogP contribution in [0, 0.1) is 0 Å². The first-order valence-corrected chi connectivity index (χ1v) is 24.4. The van der Waals surface area contributed by atoms with Gasteiger partial charge in [-0.15, -0.1) is 0 Å². The molecule has 0 aromatic carbocycles. The number of rotatable bonds is 39. The number of phosphoric ester groups is 1. The Labute approximate surface area is 377 Å². The fourth-order valence-corrected chi connectivity index (χ4v) is 5.90. The van der Waals surface area contributed by atoms with Gasteiger partial charge >= 0.3 is 11.9 Å². The number of phosphoric acid groups is 1. The summed E-state index contributed by atoms with van der Waals surface area (Å²) < 4.78 is 33.8. The summed E-state index contributed by atoms with van der Waals surface area (Å²) in [5, 5.41) is 0. The van der Waals surface area contributed by atoms with Crippen molar-refractivity contribution < 1.29 is 42.1 Å². The van der Waals surface area contributed by atoms with Crippen LogP contribution in [0.25, 0.3) is 0 Å². The standard InChI is InChI=1S/C52H82NO8P/c1-6-8-10-12-14-16-18-20-22-24-26-28-30-32-34-36-38-40-42-44-51(54)58-48-50(49-60-62(56,57)59-47-46-53(3,4)5)61-52(55)45-43-41-39-37-35-33-31-29-27-25-23-21-19-17-15-13-11-9-7-2/h8-11,14-17,20-23,26-29,32-35,38,40,50H,6-7,12-13,18-19,24-25,30-31,36-37,39,41-49H2,1-5H3/b10-8+,11-9+,16-14+,17-15+,22-20+,23-21+,28-26+,29-27+,34-32+,35-33+,40-38+/t50-/m1/s1. The minimum absolute atomic E-state index is 0.0576. The van der Waals surface area contributed by atoms with Crippen LogP contribution in [-0.4, -0.2) is 70.0 Å². The normalized spacial score (nSPS) is 14.7. The van der Waals surface area contributed by atoms with Crippen LogP contribution in [0.2, 0.25) is 0 Å². The Kier molecular flexibility index (Phi) is 39.8. The molecule has 0 spiro atoms. The lowest BCUT2D eigenvalue weighted by atomic mass is 10.1. The summed E-state index contributed by atoms with van der Waals surface area (Å²) in [5.74, 6) is -0.987. The zero-order chi connectivity index (χ0) is 45.7. The van der Waals surface area contributed by atoms with Crippen molar-refractivity contribution in [2.75, 3.05) is 47.5 Å². The molecule has 0 N–H and O–H groups in total. The van der Waals surface area contributed by atoms with Gasteiger partial charge in [-0.2, -0.15) is 0 Å². The van der Waals surface area contributed by atoms with Crippen molar-refractivity contribution in [3.8, 4) is 0 Å². The van der Waals surface area contributed by atoms with Gasteiger partial charge in [-0.3, -0.25) is 14.2 Å². The van der Waals surface area contributed by atoms with E-state index in [9.17, 15) is 19.0 Å². The fourth-order valence-electron chi connectivity index (χ4n) is 5.17. The summed E-state index contributed by atoms with van der Waals surface area (Å²) in [6.45, 7) is 3.83. The third kappa shape index (κ3) is 45.7. The van der Waals surface area contributed by atoms with Crippen molar-refractivity contribution in [2.24, 2.45) is 0 Å². The van der Waals surface area contributed by atoms with Crippen LogP contribution < -0.4 is 4.89 Å². The summed E-state index contributed by atoms with van der Waals surface area (Å²) in [6, 6.07) is 0. The predicted molar refractivity (Wildman–Crippen MR) is 258 cm³/mol. The maximum Gasteiger partial charge on any atom is 0.306 e. The minimum Gasteiger partial charge on any atom is -0.756 e. The van der Waals surface area contributed by atoms with E-state index >= 15 is 0 Å². The molecule has 348 valence electrons.